The van der Waals surface area contributed by atoms with Gasteiger partial charge in [0.25, 0.3) is 5.91 Å². The molecular weight excluding hydrogens is 272 g/mol. The first-order chi connectivity index (χ1) is 7.58. The number of nitrogens with one attached hydrogen (secondary N) is 2. The predicted octanol–water partition coefficient (Wildman–Crippen LogP) is 2.46. The van der Waals surface area contributed by atoms with E-state index in [1.165, 1.54) is 6.92 Å². The molecule has 2 rings (SSSR count). The van der Waals surface area contributed by atoms with Gasteiger partial charge in [0, 0.05) is 28.5 Å². The minimum Gasteiger partial charge on any atom is -0.359 e. The molecule has 4 nitrogen and oxygen atoms in total. The maximum Gasteiger partial charge on any atom is 0.291 e. The van der Waals surface area contributed by atoms with Crippen molar-refractivity contribution in [2.45, 2.75) is 6.92 Å². The van der Waals surface area contributed by atoms with Gasteiger partial charge in [0.2, 0.25) is 5.78 Å². The van der Waals surface area contributed by atoms with Crippen molar-refractivity contribution in [3.05, 3.63) is 28.9 Å². The fourth-order valence-corrected chi connectivity index (χ4v) is 1.77. The fraction of sp³-hybridized carbons (Fsp3) is 0.0909. The Balaban J connectivity index is 2.41. The molecule has 1 amide bonds. The Kier molecular flexibility index (Phi) is 2.78. The number of aromatic amines is 1. The second-order valence-electron chi connectivity index (χ2n) is 3.40. The molecule has 0 fully saturated rings. The lowest BCUT2D eigenvalue weighted by Gasteiger charge is -2.00. The van der Waals surface area contributed by atoms with Gasteiger partial charge in [0.15, 0.2) is 0 Å². The van der Waals surface area contributed by atoms with Gasteiger partial charge < -0.3 is 10.3 Å². The third kappa shape index (κ3) is 1.99. The van der Waals surface area contributed by atoms with E-state index in [1.807, 2.05) is 18.2 Å². The van der Waals surface area contributed by atoms with E-state index in [9.17, 15) is 9.59 Å². The smallest absolute Gasteiger partial charge is 0.291 e. The van der Waals surface area contributed by atoms with Crippen molar-refractivity contribution in [1.82, 2.24) is 4.98 Å². The predicted molar refractivity (Wildman–Crippen MR) is 65.3 cm³/mol. The van der Waals surface area contributed by atoms with Gasteiger partial charge in [-0.2, -0.15) is 0 Å². The van der Waals surface area contributed by atoms with Gasteiger partial charge in [-0.05, 0) is 18.2 Å². The normalized spacial score (nSPS) is 10.4. The second kappa shape index (κ2) is 4.09. The van der Waals surface area contributed by atoms with E-state index in [4.69, 9.17) is 0 Å². The zero-order valence-corrected chi connectivity index (χ0v) is 10.1. The highest BCUT2D eigenvalue weighted by Crippen LogP contribution is 2.26. The van der Waals surface area contributed by atoms with Gasteiger partial charge in [-0.3, -0.25) is 9.59 Å². The first kappa shape index (κ1) is 10.9. The third-order valence-electron chi connectivity index (χ3n) is 2.21. The van der Waals surface area contributed by atoms with E-state index in [0.717, 1.165) is 15.4 Å². The maximum absolute atomic E-state index is 11.3. The molecule has 1 heterocycles. The number of aromatic nitrogens is 1. The Morgan fingerprint density at radius 3 is 2.81 bits per heavy atom. The van der Waals surface area contributed by atoms with Crippen LogP contribution in [0.5, 0.6) is 0 Å². The van der Waals surface area contributed by atoms with Crippen LogP contribution in [0.2, 0.25) is 0 Å². The molecule has 0 saturated carbocycles. The lowest BCUT2D eigenvalue weighted by Crippen LogP contribution is -2.19. The molecule has 5 heteroatoms. The highest BCUT2D eigenvalue weighted by atomic mass is 79.9. The first-order valence-electron chi connectivity index (χ1n) is 4.66. The maximum atomic E-state index is 11.3. The summed E-state index contributed by atoms with van der Waals surface area (Å²) in [6, 6.07) is 5.67. The van der Waals surface area contributed by atoms with Gasteiger partial charge >= 0.3 is 0 Å². The molecule has 1 aromatic carbocycles. The second-order valence-corrected chi connectivity index (χ2v) is 4.32. The molecule has 82 valence electrons. The third-order valence-corrected chi connectivity index (χ3v) is 2.71. The number of amides is 1. The highest BCUT2D eigenvalue weighted by Gasteiger charge is 2.11. The zero-order valence-electron chi connectivity index (χ0n) is 8.50. The van der Waals surface area contributed by atoms with E-state index < -0.39 is 11.7 Å². The van der Waals surface area contributed by atoms with Crippen molar-refractivity contribution < 1.29 is 9.59 Å². The van der Waals surface area contributed by atoms with Crippen LogP contribution in [-0.4, -0.2) is 16.7 Å². The van der Waals surface area contributed by atoms with Crippen LogP contribution >= 0.6 is 15.9 Å². The first-order valence-corrected chi connectivity index (χ1v) is 5.46. The van der Waals surface area contributed by atoms with E-state index in [0.29, 0.717) is 5.69 Å². The molecule has 0 atom stereocenters. The number of hydrogen-bond donors (Lipinski definition) is 2. The molecule has 0 bridgehead atoms. The number of hydrogen-bond acceptors (Lipinski definition) is 2. The summed E-state index contributed by atoms with van der Waals surface area (Å²) >= 11 is 3.35. The standard InChI is InChI=1S/C11H9BrN2O2/c1-6(15)11(16)14-10-5-13-9-3-2-7(12)4-8(9)10/h2-5,13H,1H3,(H,14,16). The van der Waals surface area contributed by atoms with Gasteiger partial charge in [-0.25, -0.2) is 0 Å². The van der Waals surface area contributed by atoms with Crippen molar-refractivity contribution in [1.29, 1.82) is 0 Å². The van der Waals surface area contributed by atoms with Crippen LogP contribution in [0.1, 0.15) is 6.92 Å². The topological polar surface area (TPSA) is 62.0 Å². The number of carbonyl (C=O) groups is 2. The van der Waals surface area contributed by atoms with E-state index in [1.54, 1.807) is 6.20 Å². The Morgan fingerprint density at radius 2 is 2.12 bits per heavy atom. The van der Waals surface area contributed by atoms with Gasteiger partial charge in [-0.15, -0.1) is 0 Å². The molecule has 0 spiro atoms. The molecule has 0 aliphatic rings. The number of carbonyl (C=O) groups excluding carboxylic acids is 2. The number of ketones is 1. The molecule has 0 saturated heterocycles. The monoisotopic (exact) mass is 280 g/mol. The van der Waals surface area contributed by atoms with Crippen molar-refractivity contribution in [3.8, 4) is 0 Å². The Morgan fingerprint density at radius 1 is 1.38 bits per heavy atom. The summed E-state index contributed by atoms with van der Waals surface area (Å²) in [7, 11) is 0. The Labute approximate surface area is 100 Å². The summed E-state index contributed by atoms with van der Waals surface area (Å²) in [5.41, 5.74) is 1.51. The number of Topliss-reactive ketones (excluding diaryl/α,β-unsaturated/α-hetero) is 1. The highest BCUT2D eigenvalue weighted by molar-refractivity contribution is 9.10. The molecule has 2 aromatic rings. The number of benzene rings is 1. The van der Waals surface area contributed by atoms with Crippen LogP contribution in [0.3, 0.4) is 0 Å². The number of rotatable bonds is 2. The number of fused-ring (bicyclic) bond motifs is 1. The van der Waals surface area contributed by atoms with E-state index in [-0.39, 0.29) is 0 Å². The molecule has 0 radical (unpaired) electrons. The van der Waals surface area contributed by atoms with E-state index >= 15 is 0 Å². The van der Waals surface area contributed by atoms with Crippen LogP contribution in [0.4, 0.5) is 5.69 Å². The van der Waals surface area contributed by atoms with Gasteiger partial charge in [0.1, 0.15) is 0 Å². The van der Waals surface area contributed by atoms with Crippen LogP contribution < -0.4 is 5.32 Å². The average molecular weight is 281 g/mol. The molecule has 0 unspecified atom stereocenters. The summed E-state index contributed by atoms with van der Waals surface area (Å²) in [5, 5.41) is 3.42. The Hall–Kier alpha value is -1.62. The molecular formula is C11H9BrN2O2. The SMILES string of the molecule is CC(=O)C(=O)Nc1c[nH]c2ccc(Br)cc12. The molecule has 2 N–H and O–H groups in total. The van der Waals surface area contributed by atoms with E-state index in [2.05, 4.69) is 26.2 Å². The summed E-state index contributed by atoms with van der Waals surface area (Å²) in [6.07, 6.45) is 1.66. The minimum absolute atomic E-state index is 0.510. The average Bonchev–Trinajstić information content (AvgIpc) is 2.61. The van der Waals surface area contributed by atoms with Crippen LogP contribution in [-0.2, 0) is 9.59 Å². The summed E-state index contributed by atoms with van der Waals surface area (Å²) in [5.74, 6) is -1.12. The van der Waals surface area contributed by atoms with Crippen molar-refractivity contribution in [2.24, 2.45) is 0 Å². The number of halogens is 1. The molecule has 0 aliphatic carbocycles. The van der Waals surface area contributed by atoms with Crippen LogP contribution in [0.15, 0.2) is 28.9 Å². The van der Waals surface area contributed by atoms with Crippen LogP contribution in [0, 0.1) is 0 Å². The summed E-state index contributed by atoms with van der Waals surface area (Å²) < 4.78 is 0.915. The summed E-state index contributed by atoms with van der Waals surface area (Å²) in [6.45, 7) is 1.24. The van der Waals surface area contributed by atoms with Crippen molar-refractivity contribution >= 4 is 44.2 Å². The van der Waals surface area contributed by atoms with Gasteiger partial charge in [0.05, 0.1) is 5.69 Å². The molecule has 1 aromatic heterocycles. The summed E-state index contributed by atoms with van der Waals surface area (Å²) in [4.78, 5) is 25.1. The fourth-order valence-electron chi connectivity index (χ4n) is 1.41. The molecule has 0 aliphatic heterocycles. The minimum atomic E-state index is -0.610. The van der Waals surface area contributed by atoms with Crippen LogP contribution in [0.25, 0.3) is 10.9 Å². The van der Waals surface area contributed by atoms with Crippen molar-refractivity contribution in [3.63, 3.8) is 0 Å². The lowest BCUT2D eigenvalue weighted by atomic mass is 10.2. The number of anilines is 1. The largest absolute Gasteiger partial charge is 0.359 e. The number of H-pyrrole nitrogens is 1. The van der Waals surface area contributed by atoms with Gasteiger partial charge in [-0.1, -0.05) is 15.9 Å². The quantitative estimate of drug-likeness (QED) is 0.830. The zero-order chi connectivity index (χ0) is 11.7. The Bertz CT molecular complexity index is 574. The molecule has 16 heavy (non-hydrogen) atoms. The van der Waals surface area contributed by atoms with Crippen molar-refractivity contribution in [2.75, 3.05) is 5.32 Å². The lowest BCUT2D eigenvalue weighted by molar-refractivity contribution is -0.133.